The van der Waals surface area contributed by atoms with E-state index in [1.54, 1.807) is 6.07 Å². The van der Waals surface area contributed by atoms with Crippen LogP contribution in [0.5, 0.6) is 0 Å². The number of ether oxygens (including phenoxy) is 1. The number of methoxy groups -OCH3 is 1. The van der Waals surface area contributed by atoms with Gasteiger partial charge in [0, 0.05) is 31.0 Å². The summed E-state index contributed by atoms with van der Waals surface area (Å²) in [4.78, 5) is 37.1. The Morgan fingerprint density at radius 3 is 2.62 bits per heavy atom. The van der Waals surface area contributed by atoms with Crippen LogP contribution in [0.25, 0.3) is 0 Å². The van der Waals surface area contributed by atoms with Crippen molar-refractivity contribution in [3.8, 4) is 0 Å². The Morgan fingerprint density at radius 2 is 1.97 bits per heavy atom. The first kappa shape index (κ1) is 22.3. The molecule has 0 aliphatic carbocycles. The molecule has 0 spiro atoms. The number of hydrogen-bond donors (Lipinski definition) is 1. The summed E-state index contributed by atoms with van der Waals surface area (Å²) in [5.41, 5.74) is 2.32. The number of nitrogens with one attached hydrogen (secondary N) is 1. The molecule has 1 N–H and O–H groups in total. The average molecular weight is 420 g/mol. The number of carbonyl (C=O) groups is 2. The molecule has 2 aromatic carbocycles. The lowest BCUT2D eigenvalue weighted by Crippen LogP contribution is -2.40. The van der Waals surface area contributed by atoms with Gasteiger partial charge in [-0.1, -0.05) is 23.7 Å². The molecule has 0 aromatic heterocycles. The summed E-state index contributed by atoms with van der Waals surface area (Å²) >= 11 is 5.81. The van der Waals surface area contributed by atoms with E-state index in [4.69, 9.17) is 16.3 Å². The minimum atomic E-state index is -0.661. The van der Waals surface area contributed by atoms with Crippen LogP contribution < -0.4 is 5.32 Å². The third-order valence-electron chi connectivity index (χ3n) is 4.46. The number of nitro groups is 1. The van der Waals surface area contributed by atoms with E-state index >= 15 is 0 Å². The zero-order valence-corrected chi connectivity index (χ0v) is 17.2. The Balaban J connectivity index is 2.21. The highest BCUT2D eigenvalue weighted by Crippen LogP contribution is 2.25. The summed E-state index contributed by atoms with van der Waals surface area (Å²) < 4.78 is 5.02. The molecule has 0 radical (unpaired) electrons. The van der Waals surface area contributed by atoms with Gasteiger partial charge in [-0.25, -0.2) is 0 Å². The largest absolute Gasteiger partial charge is 0.383 e. The highest BCUT2D eigenvalue weighted by atomic mass is 35.5. The highest BCUT2D eigenvalue weighted by molar-refractivity contribution is 6.32. The van der Waals surface area contributed by atoms with E-state index in [0.29, 0.717) is 5.69 Å². The molecule has 0 heterocycles. The lowest BCUT2D eigenvalue weighted by atomic mass is 10.1. The fraction of sp³-hybridized carbons (Fsp3) is 0.300. The van der Waals surface area contributed by atoms with Crippen molar-refractivity contribution in [1.29, 1.82) is 0 Å². The number of carbonyl (C=O) groups excluding carboxylic acids is 2. The lowest BCUT2D eigenvalue weighted by Gasteiger charge is -2.22. The van der Waals surface area contributed by atoms with Crippen LogP contribution in [0.15, 0.2) is 36.4 Å². The van der Waals surface area contributed by atoms with E-state index in [9.17, 15) is 19.7 Å². The molecule has 154 valence electrons. The molecular formula is C20H22ClN3O5. The van der Waals surface area contributed by atoms with Crippen LogP contribution >= 0.6 is 11.6 Å². The Morgan fingerprint density at radius 1 is 1.24 bits per heavy atom. The van der Waals surface area contributed by atoms with Crippen LogP contribution in [0, 0.1) is 24.0 Å². The molecule has 0 aliphatic heterocycles. The van der Waals surface area contributed by atoms with Crippen LogP contribution in [0.2, 0.25) is 5.02 Å². The first-order chi connectivity index (χ1) is 13.7. The maximum atomic E-state index is 12.9. The molecule has 0 atom stereocenters. The number of hydrogen-bond acceptors (Lipinski definition) is 5. The molecule has 2 aromatic rings. The van der Waals surface area contributed by atoms with Crippen molar-refractivity contribution < 1.29 is 19.2 Å². The predicted octanol–water partition coefficient (Wildman–Crippen LogP) is 3.59. The fourth-order valence-corrected chi connectivity index (χ4v) is 2.86. The van der Waals surface area contributed by atoms with Crippen LogP contribution in [-0.4, -0.2) is 48.4 Å². The number of benzene rings is 2. The quantitative estimate of drug-likeness (QED) is 0.520. The molecule has 0 bridgehead atoms. The summed E-state index contributed by atoms with van der Waals surface area (Å²) in [6, 6.07) is 9.33. The first-order valence-electron chi connectivity index (χ1n) is 8.82. The van der Waals surface area contributed by atoms with Gasteiger partial charge in [0.2, 0.25) is 5.91 Å². The fourth-order valence-electron chi connectivity index (χ4n) is 2.67. The van der Waals surface area contributed by atoms with E-state index < -0.39 is 10.8 Å². The maximum absolute atomic E-state index is 12.9. The van der Waals surface area contributed by atoms with Crippen LogP contribution in [0.1, 0.15) is 21.5 Å². The zero-order valence-electron chi connectivity index (χ0n) is 16.4. The van der Waals surface area contributed by atoms with Gasteiger partial charge < -0.3 is 15.0 Å². The molecule has 2 rings (SSSR count). The molecule has 8 nitrogen and oxygen atoms in total. The van der Waals surface area contributed by atoms with Gasteiger partial charge in [0.25, 0.3) is 11.6 Å². The molecule has 29 heavy (non-hydrogen) atoms. The molecule has 9 heteroatoms. The van der Waals surface area contributed by atoms with Crippen LogP contribution in [0.3, 0.4) is 0 Å². The summed E-state index contributed by atoms with van der Waals surface area (Å²) in [6.45, 7) is 3.95. The molecular weight excluding hydrogens is 398 g/mol. The summed E-state index contributed by atoms with van der Waals surface area (Å²) in [5.74, 6) is -0.912. The van der Waals surface area contributed by atoms with Crippen molar-refractivity contribution in [1.82, 2.24) is 4.90 Å². The van der Waals surface area contributed by atoms with E-state index in [2.05, 4.69) is 5.32 Å². The maximum Gasteiger partial charge on any atom is 0.288 e. The minimum absolute atomic E-state index is 0.0664. The zero-order chi connectivity index (χ0) is 21.6. The van der Waals surface area contributed by atoms with Gasteiger partial charge in [0.1, 0.15) is 11.6 Å². The number of halogens is 1. The number of anilines is 1. The third-order valence-corrected chi connectivity index (χ3v) is 4.78. The summed E-state index contributed by atoms with van der Waals surface area (Å²) in [6.07, 6.45) is 0. The molecule has 0 unspecified atom stereocenters. The first-order valence-corrected chi connectivity index (χ1v) is 9.20. The van der Waals surface area contributed by atoms with Crippen molar-refractivity contribution in [2.75, 3.05) is 32.1 Å². The van der Waals surface area contributed by atoms with Gasteiger partial charge in [-0.05, 0) is 43.2 Å². The molecule has 0 saturated heterocycles. The summed E-state index contributed by atoms with van der Waals surface area (Å²) in [5, 5.41) is 13.8. The van der Waals surface area contributed by atoms with E-state index in [-0.39, 0.29) is 41.9 Å². The van der Waals surface area contributed by atoms with Crippen molar-refractivity contribution in [3.05, 3.63) is 68.2 Å². The number of aryl methyl sites for hydroxylation is 1. The van der Waals surface area contributed by atoms with Gasteiger partial charge in [-0.15, -0.1) is 0 Å². The van der Waals surface area contributed by atoms with Crippen LogP contribution in [0.4, 0.5) is 11.4 Å². The minimum Gasteiger partial charge on any atom is -0.383 e. The van der Waals surface area contributed by atoms with Crippen molar-refractivity contribution >= 4 is 34.8 Å². The van der Waals surface area contributed by atoms with Gasteiger partial charge in [0.15, 0.2) is 0 Å². The van der Waals surface area contributed by atoms with Crippen molar-refractivity contribution in [3.63, 3.8) is 0 Å². The highest BCUT2D eigenvalue weighted by Gasteiger charge is 2.22. The lowest BCUT2D eigenvalue weighted by molar-refractivity contribution is -0.384. The van der Waals surface area contributed by atoms with Gasteiger partial charge in [-0.3, -0.25) is 19.7 Å². The normalized spacial score (nSPS) is 10.5. The van der Waals surface area contributed by atoms with Gasteiger partial charge in [-0.2, -0.15) is 0 Å². The molecule has 0 fully saturated rings. The molecule has 0 saturated carbocycles. The predicted molar refractivity (Wildman–Crippen MR) is 110 cm³/mol. The van der Waals surface area contributed by atoms with Crippen LogP contribution in [-0.2, 0) is 9.53 Å². The second kappa shape index (κ2) is 9.99. The number of nitrogens with zero attached hydrogens (tertiary/aromatic N) is 2. The second-order valence-electron chi connectivity index (χ2n) is 6.44. The Bertz CT molecular complexity index is 932. The smallest absolute Gasteiger partial charge is 0.288 e. The monoisotopic (exact) mass is 419 g/mol. The van der Waals surface area contributed by atoms with E-state index in [1.807, 2.05) is 26.0 Å². The summed E-state index contributed by atoms with van der Waals surface area (Å²) in [7, 11) is 1.48. The number of rotatable bonds is 8. The van der Waals surface area contributed by atoms with Gasteiger partial charge in [0.05, 0.1) is 11.5 Å². The van der Waals surface area contributed by atoms with E-state index in [1.165, 1.54) is 24.1 Å². The Kier molecular flexibility index (Phi) is 7.69. The Labute approximate surface area is 173 Å². The average Bonchev–Trinajstić information content (AvgIpc) is 2.68. The third kappa shape index (κ3) is 5.75. The number of amides is 2. The van der Waals surface area contributed by atoms with Gasteiger partial charge >= 0.3 is 0 Å². The molecule has 0 aliphatic rings. The van der Waals surface area contributed by atoms with E-state index in [0.717, 1.165) is 17.2 Å². The van der Waals surface area contributed by atoms with Crippen molar-refractivity contribution in [2.45, 2.75) is 13.8 Å². The van der Waals surface area contributed by atoms with Crippen molar-refractivity contribution in [2.24, 2.45) is 0 Å². The SMILES string of the molecule is COCCN(CC(=O)Nc1cccc(C)c1C)C(=O)c1ccc(Cl)c([N+](=O)[O-])c1. The number of nitro benzene ring substituents is 1. The standard InChI is InChI=1S/C20H22ClN3O5/c1-13-5-4-6-17(14(13)2)22-19(25)12-23(9-10-29-3)20(26)15-7-8-16(21)18(11-15)24(27)28/h4-8,11H,9-10,12H2,1-3H3,(H,22,25). The second-order valence-corrected chi connectivity index (χ2v) is 6.85. The molecule has 2 amide bonds. The Hall–Kier alpha value is -2.97. The topological polar surface area (TPSA) is 102 Å².